The van der Waals surface area contributed by atoms with Crippen molar-refractivity contribution in [1.82, 2.24) is 4.90 Å². The number of carbonyl (C=O) groups is 2. The number of carboxylic acids is 1. The van der Waals surface area contributed by atoms with Crippen LogP contribution in [0.4, 0.5) is 0 Å². The number of hydrogen-bond acceptors (Lipinski definition) is 3. The normalized spacial score (nSPS) is 14.6. The summed E-state index contributed by atoms with van der Waals surface area (Å²) in [6, 6.07) is 6.83. The van der Waals surface area contributed by atoms with E-state index in [2.05, 4.69) is 0 Å². The van der Waals surface area contributed by atoms with E-state index in [0.717, 1.165) is 12.4 Å². The second kappa shape index (κ2) is 5.76. The molecule has 1 N–H and O–H groups in total. The van der Waals surface area contributed by atoms with Crippen molar-refractivity contribution < 1.29 is 19.4 Å². The monoisotopic (exact) mass is 291 g/mol. The van der Waals surface area contributed by atoms with Crippen molar-refractivity contribution >= 4 is 11.9 Å². The Balaban J connectivity index is 2.03. The lowest BCUT2D eigenvalue weighted by atomic mass is 10.0. The number of ether oxygens (including phenoxy) is 1. The zero-order valence-corrected chi connectivity index (χ0v) is 12.6. The van der Waals surface area contributed by atoms with Gasteiger partial charge in [0.05, 0.1) is 6.61 Å². The number of amides is 1. The van der Waals surface area contributed by atoms with Gasteiger partial charge in [-0.25, -0.2) is 4.79 Å². The van der Waals surface area contributed by atoms with Crippen LogP contribution in [-0.2, 0) is 4.79 Å². The van der Waals surface area contributed by atoms with E-state index in [1.54, 1.807) is 24.3 Å². The van der Waals surface area contributed by atoms with Crippen molar-refractivity contribution in [3.8, 4) is 5.75 Å². The molecule has 1 aliphatic rings. The molecule has 1 saturated carbocycles. The Bertz CT molecular complexity index is 532. The number of benzene rings is 1. The summed E-state index contributed by atoms with van der Waals surface area (Å²) in [5, 5.41) is 9.17. The van der Waals surface area contributed by atoms with Gasteiger partial charge in [0.2, 0.25) is 0 Å². The van der Waals surface area contributed by atoms with Gasteiger partial charge in [0.1, 0.15) is 11.3 Å². The standard InChI is InChI=1S/C16H21NO4/c1-16(2,15(19)20)17(3)14(18)12-6-8-13(9-7-12)21-10-11-4-5-11/h6-9,11H,4-5,10H2,1-3H3,(H,19,20). The minimum Gasteiger partial charge on any atom is -0.493 e. The minimum absolute atomic E-state index is 0.323. The summed E-state index contributed by atoms with van der Waals surface area (Å²) in [4.78, 5) is 24.7. The van der Waals surface area contributed by atoms with Crippen molar-refractivity contribution in [3.05, 3.63) is 29.8 Å². The third-order valence-corrected chi connectivity index (χ3v) is 3.95. The number of rotatable bonds is 6. The predicted molar refractivity (Wildman–Crippen MR) is 78.5 cm³/mol. The molecule has 1 aromatic rings. The van der Waals surface area contributed by atoms with Gasteiger partial charge in [0.15, 0.2) is 0 Å². The minimum atomic E-state index is -1.25. The van der Waals surface area contributed by atoms with E-state index in [1.165, 1.54) is 38.6 Å². The first-order valence-corrected chi connectivity index (χ1v) is 7.07. The van der Waals surface area contributed by atoms with Crippen LogP contribution >= 0.6 is 0 Å². The van der Waals surface area contributed by atoms with E-state index in [-0.39, 0.29) is 5.91 Å². The summed E-state index contributed by atoms with van der Waals surface area (Å²) in [6.07, 6.45) is 2.46. The van der Waals surface area contributed by atoms with E-state index < -0.39 is 11.5 Å². The van der Waals surface area contributed by atoms with Crippen LogP contribution in [0.5, 0.6) is 5.75 Å². The van der Waals surface area contributed by atoms with Crippen molar-refractivity contribution in [2.24, 2.45) is 5.92 Å². The summed E-state index contributed by atoms with van der Waals surface area (Å²) in [6.45, 7) is 3.72. The summed E-state index contributed by atoms with van der Waals surface area (Å²) in [5.41, 5.74) is -0.802. The fourth-order valence-electron chi connectivity index (χ4n) is 1.78. The van der Waals surface area contributed by atoms with Gasteiger partial charge in [-0.1, -0.05) is 0 Å². The maximum Gasteiger partial charge on any atom is 0.329 e. The first-order chi connectivity index (χ1) is 9.82. The molecule has 0 unspecified atom stereocenters. The third-order valence-electron chi connectivity index (χ3n) is 3.95. The average Bonchev–Trinajstić information content (AvgIpc) is 3.28. The van der Waals surface area contributed by atoms with Crippen molar-refractivity contribution in [2.75, 3.05) is 13.7 Å². The van der Waals surface area contributed by atoms with Crippen molar-refractivity contribution in [1.29, 1.82) is 0 Å². The Morgan fingerprint density at radius 3 is 2.33 bits per heavy atom. The van der Waals surface area contributed by atoms with Gasteiger partial charge < -0.3 is 14.7 Å². The fourth-order valence-corrected chi connectivity index (χ4v) is 1.78. The average molecular weight is 291 g/mol. The van der Waals surface area contributed by atoms with Gasteiger partial charge in [-0.2, -0.15) is 0 Å². The summed E-state index contributed by atoms with van der Waals surface area (Å²) in [5.74, 6) is 0.0475. The van der Waals surface area contributed by atoms with Crippen LogP contribution in [0, 0.1) is 5.92 Å². The number of aliphatic carboxylic acids is 1. The highest BCUT2D eigenvalue weighted by Crippen LogP contribution is 2.29. The van der Waals surface area contributed by atoms with Gasteiger partial charge in [-0.05, 0) is 56.9 Å². The SMILES string of the molecule is CN(C(=O)c1ccc(OCC2CC2)cc1)C(C)(C)C(=O)O. The molecule has 0 aromatic heterocycles. The van der Waals surface area contributed by atoms with E-state index >= 15 is 0 Å². The quantitative estimate of drug-likeness (QED) is 0.874. The number of likely N-dealkylation sites (N-methyl/N-ethyl adjacent to an activating group) is 1. The summed E-state index contributed by atoms with van der Waals surface area (Å²) in [7, 11) is 1.49. The lowest BCUT2D eigenvalue weighted by Gasteiger charge is -2.31. The Labute approximate surface area is 124 Å². The number of nitrogens with zero attached hydrogens (tertiary/aromatic N) is 1. The zero-order valence-electron chi connectivity index (χ0n) is 12.6. The Morgan fingerprint density at radius 2 is 1.86 bits per heavy atom. The largest absolute Gasteiger partial charge is 0.493 e. The second-order valence-electron chi connectivity index (χ2n) is 6.01. The van der Waals surface area contributed by atoms with Crippen LogP contribution in [0.25, 0.3) is 0 Å². The van der Waals surface area contributed by atoms with Crippen LogP contribution in [0.1, 0.15) is 37.0 Å². The highest BCUT2D eigenvalue weighted by atomic mass is 16.5. The molecule has 0 bridgehead atoms. The first kappa shape index (κ1) is 15.4. The molecule has 0 saturated heterocycles. The van der Waals surface area contributed by atoms with Crippen molar-refractivity contribution in [3.63, 3.8) is 0 Å². The Kier molecular flexibility index (Phi) is 4.21. The van der Waals surface area contributed by atoms with E-state index in [9.17, 15) is 9.59 Å². The maximum absolute atomic E-state index is 12.3. The van der Waals surface area contributed by atoms with Crippen LogP contribution in [0.2, 0.25) is 0 Å². The van der Waals surface area contributed by atoms with Crippen LogP contribution in [0.3, 0.4) is 0 Å². The van der Waals surface area contributed by atoms with Gasteiger partial charge in [0, 0.05) is 12.6 Å². The highest BCUT2D eigenvalue weighted by Gasteiger charge is 2.35. The number of carbonyl (C=O) groups excluding carboxylic acids is 1. The molecule has 1 amide bonds. The molecule has 5 heteroatoms. The van der Waals surface area contributed by atoms with Crippen LogP contribution in [-0.4, -0.2) is 41.1 Å². The van der Waals surface area contributed by atoms with E-state index in [0.29, 0.717) is 11.5 Å². The molecule has 21 heavy (non-hydrogen) atoms. The van der Waals surface area contributed by atoms with E-state index in [4.69, 9.17) is 9.84 Å². The molecule has 1 fully saturated rings. The number of carboxylic acid groups (broad SMARTS) is 1. The van der Waals surface area contributed by atoms with Gasteiger partial charge in [0.25, 0.3) is 5.91 Å². The molecule has 5 nitrogen and oxygen atoms in total. The molecule has 0 spiro atoms. The fraction of sp³-hybridized carbons (Fsp3) is 0.500. The number of hydrogen-bond donors (Lipinski definition) is 1. The third kappa shape index (κ3) is 3.54. The first-order valence-electron chi connectivity index (χ1n) is 7.07. The molecule has 2 rings (SSSR count). The molecular weight excluding hydrogens is 270 g/mol. The van der Waals surface area contributed by atoms with Gasteiger partial charge >= 0.3 is 5.97 Å². The lowest BCUT2D eigenvalue weighted by molar-refractivity contribution is -0.147. The molecule has 0 radical (unpaired) electrons. The summed E-state index contributed by atoms with van der Waals surface area (Å²) < 4.78 is 5.61. The van der Waals surface area contributed by atoms with E-state index in [1.807, 2.05) is 0 Å². The van der Waals surface area contributed by atoms with Gasteiger partial charge in [-0.15, -0.1) is 0 Å². The topological polar surface area (TPSA) is 66.8 Å². The molecule has 0 aliphatic heterocycles. The highest BCUT2D eigenvalue weighted by molar-refractivity contribution is 5.97. The second-order valence-corrected chi connectivity index (χ2v) is 6.01. The Morgan fingerprint density at radius 1 is 1.29 bits per heavy atom. The zero-order chi connectivity index (χ0) is 15.6. The molecule has 0 atom stereocenters. The van der Waals surface area contributed by atoms with Crippen LogP contribution < -0.4 is 4.74 Å². The predicted octanol–water partition coefficient (Wildman–Crippen LogP) is 2.41. The molecule has 1 aromatic carbocycles. The maximum atomic E-state index is 12.3. The van der Waals surface area contributed by atoms with Crippen molar-refractivity contribution in [2.45, 2.75) is 32.2 Å². The molecular formula is C16H21NO4. The van der Waals surface area contributed by atoms with Crippen LogP contribution in [0.15, 0.2) is 24.3 Å². The Hall–Kier alpha value is -2.04. The molecule has 1 aliphatic carbocycles. The smallest absolute Gasteiger partial charge is 0.329 e. The molecule has 114 valence electrons. The lowest BCUT2D eigenvalue weighted by Crippen LogP contribution is -2.50. The van der Waals surface area contributed by atoms with Gasteiger partial charge in [-0.3, -0.25) is 4.79 Å². The summed E-state index contributed by atoms with van der Waals surface area (Å²) >= 11 is 0. The molecule has 0 heterocycles.